The molecule has 6 heteroatoms. The lowest BCUT2D eigenvalue weighted by molar-refractivity contribution is 0.0682. The van der Waals surface area contributed by atoms with Gasteiger partial charge in [-0.2, -0.15) is 0 Å². The predicted octanol–water partition coefficient (Wildman–Crippen LogP) is 1.38. The second kappa shape index (κ2) is 2.98. The number of halogens is 1. The minimum absolute atomic E-state index is 0.0563. The van der Waals surface area contributed by atoms with Crippen molar-refractivity contribution in [2.75, 3.05) is 5.73 Å². The summed E-state index contributed by atoms with van der Waals surface area (Å²) in [5, 5.41) is 8.84. The highest BCUT2D eigenvalue weighted by Crippen LogP contribution is 2.20. The van der Waals surface area contributed by atoms with Crippen LogP contribution in [0.1, 0.15) is 10.6 Å². The van der Waals surface area contributed by atoms with Crippen LogP contribution in [0.3, 0.4) is 0 Å². The van der Waals surface area contributed by atoms with E-state index in [0.717, 1.165) is 0 Å². The first-order valence-corrected chi connectivity index (χ1v) is 4.55. The van der Waals surface area contributed by atoms with Gasteiger partial charge in [-0.15, -0.1) is 0 Å². The Kier molecular flexibility index (Phi) is 1.92. The van der Waals surface area contributed by atoms with Crippen LogP contribution < -0.4 is 5.73 Å². The van der Waals surface area contributed by atoms with E-state index >= 15 is 0 Å². The van der Waals surface area contributed by atoms with Gasteiger partial charge in [0, 0.05) is 11.9 Å². The standard InChI is InChI=1S/C8H6BrN3O2/c9-6-5-2-1-4(10)3-12(5)7(11-6)8(13)14/h1-3H,10H2,(H,13,14). The Morgan fingerprint density at radius 2 is 2.29 bits per heavy atom. The number of hydrogen-bond donors (Lipinski definition) is 2. The van der Waals surface area contributed by atoms with Gasteiger partial charge < -0.3 is 10.8 Å². The molecule has 2 heterocycles. The molecule has 3 N–H and O–H groups in total. The lowest BCUT2D eigenvalue weighted by Gasteiger charge is -1.97. The molecule has 14 heavy (non-hydrogen) atoms. The number of aromatic nitrogens is 2. The summed E-state index contributed by atoms with van der Waals surface area (Å²) in [6.07, 6.45) is 1.52. The lowest BCUT2D eigenvalue weighted by Crippen LogP contribution is -2.03. The summed E-state index contributed by atoms with van der Waals surface area (Å²) in [6.45, 7) is 0. The molecule has 2 aromatic rings. The lowest BCUT2D eigenvalue weighted by atomic mass is 10.4. The van der Waals surface area contributed by atoms with E-state index in [9.17, 15) is 4.79 Å². The number of nitrogens with zero attached hydrogens (tertiary/aromatic N) is 2. The van der Waals surface area contributed by atoms with Gasteiger partial charge in [0.25, 0.3) is 0 Å². The molecule has 5 nitrogen and oxygen atoms in total. The zero-order valence-corrected chi connectivity index (χ0v) is 8.52. The Morgan fingerprint density at radius 1 is 1.57 bits per heavy atom. The Bertz CT molecular complexity index is 521. The molecule has 0 saturated carbocycles. The van der Waals surface area contributed by atoms with E-state index in [1.807, 2.05) is 0 Å². The summed E-state index contributed by atoms with van der Waals surface area (Å²) >= 11 is 3.17. The van der Waals surface area contributed by atoms with Crippen molar-refractivity contribution in [1.29, 1.82) is 0 Å². The number of nitrogen functional groups attached to an aromatic ring is 1. The van der Waals surface area contributed by atoms with E-state index in [1.54, 1.807) is 12.1 Å². The van der Waals surface area contributed by atoms with E-state index in [2.05, 4.69) is 20.9 Å². The maximum Gasteiger partial charge on any atom is 0.372 e. The largest absolute Gasteiger partial charge is 0.475 e. The average molecular weight is 256 g/mol. The number of carboxylic acids is 1. The van der Waals surface area contributed by atoms with Crippen LogP contribution in [0.4, 0.5) is 5.69 Å². The fraction of sp³-hybridized carbons (Fsp3) is 0. The summed E-state index contributed by atoms with van der Waals surface area (Å²) in [5.41, 5.74) is 6.71. The van der Waals surface area contributed by atoms with Gasteiger partial charge in [0.05, 0.1) is 5.52 Å². The third kappa shape index (κ3) is 1.24. The molecule has 0 radical (unpaired) electrons. The maximum absolute atomic E-state index is 10.8. The Hall–Kier alpha value is -1.56. The second-order valence-electron chi connectivity index (χ2n) is 2.75. The van der Waals surface area contributed by atoms with Crippen LogP contribution in [0.5, 0.6) is 0 Å². The van der Waals surface area contributed by atoms with Crippen molar-refractivity contribution in [3.05, 3.63) is 28.8 Å². The second-order valence-corrected chi connectivity index (χ2v) is 3.50. The number of imidazole rings is 1. The first kappa shape index (κ1) is 9.01. The average Bonchev–Trinajstić information content (AvgIpc) is 2.43. The van der Waals surface area contributed by atoms with Crippen LogP contribution in [-0.2, 0) is 0 Å². The molecule has 0 aliphatic rings. The molecular formula is C8H6BrN3O2. The molecule has 0 bridgehead atoms. The molecule has 72 valence electrons. The van der Waals surface area contributed by atoms with E-state index < -0.39 is 5.97 Å². The summed E-state index contributed by atoms with van der Waals surface area (Å²) in [5.74, 6) is -1.14. The van der Waals surface area contributed by atoms with Crippen LogP contribution >= 0.6 is 15.9 Å². The van der Waals surface area contributed by atoms with Gasteiger partial charge in [-0.1, -0.05) is 0 Å². The molecule has 0 aromatic carbocycles. The molecule has 0 aliphatic heterocycles. The minimum atomic E-state index is -1.09. The maximum atomic E-state index is 10.8. The molecule has 0 saturated heterocycles. The first-order valence-electron chi connectivity index (χ1n) is 3.76. The van der Waals surface area contributed by atoms with Crippen molar-refractivity contribution >= 4 is 33.1 Å². The van der Waals surface area contributed by atoms with Crippen LogP contribution in [0.15, 0.2) is 22.9 Å². The van der Waals surface area contributed by atoms with Crippen LogP contribution in [-0.4, -0.2) is 20.5 Å². The number of fused-ring (bicyclic) bond motifs is 1. The van der Waals surface area contributed by atoms with Gasteiger partial charge in [-0.25, -0.2) is 9.78 Å². The topological polar surface area (TPSA) is 80.6 Å². The number of nitrogens with two attached hydrogens (primary N) is 1. The summed E-state index contributed by atoms with van der Waals surface area (Å²) in [7, 11) is 0. The van der Waals surface area contributed by atoms with Crippen LogP contribution in [0.25, 0.3) is 5.52 Å². The van der Waals surface area contributed by atoms with Crippen molar-refractivity contribution in [3.63, 3.8) is 0 Å². The third-order valence-electron chi connectivity index (χ3n) is 1.81. The van der Waals surface area contributed by atoms with Crippen molar-refractivity contribution in [2.45, 2.75) is 0 Å². The van der Waals surface area contributed by atoms with Gasteiger partial charge in [-0.05, 0) is 28.1 Å². The number of aromatic carboxylic acids is 1. The van der Waals surface area contributed by atoms with Crippen molar-refractivity contribution in [2.24, 2.45) is 0 Å². The number of carboxylic acid groups (broad SMARTS) is 1. The molecule has 0 atom stereocenters. The third-order valence-corrected chi connectivity index (χ3v) is 2.39. The van der Waals surface area contributed by atoms with Crippen molar-refractivity contribution < 1.29 is 9.90 Å². The fourth-order valence-electron chi connectivity index (χ4n) is 1.22. The van der Waals surface area contributed by atoms with E-state index in [0.29, 0.717) is 15.8 Å². The van der Waals surface area contributed by atoms with E-state index in [-0.39, 0.29) is 5.82 Å². The van der Waals surface area contributed by atoms with Gasteiger partial charge in [0.15, 0.2) is 0 Å². The van der Waals surface area contributed by atoms with Gasteiger partial charge >= 0.3 is 5.97 Å². The van der Waals surface area contributed by atoms with Gasteiger partial charge in [-0.3, -0.25) is 4.40 Å². The Morgan fingerprint density at radius 3 is 2.93 bits per heavy atom. The summed E-state index contributed by atoms with van der Waals surface area (Å²) < 4.78 is 1.93. The van der Waals surface area contributed by atoms with Crippen molar-refractivity contribution in [3.8, 4) is 0 Å². The molecule has 2 aromatic heterocycles. The smallest absolute Gasteiger partial charge is 0.372 e. The molecule has 2 rings (SSSR count). The normalized spacial score (nSPS) is 10.6. The molecule has 0 fully saturated rings. The SMILES string of the molecule is Nc1ccc2c(Br)nc(C(=O)O)n2c1. The number of rotatable bonds is 1. The quantitative estimate of drug-likeness (QED) is 0.807. The van der Waals surface area contributed by atoms with Crippen LogP contribution in [0.2, 0.25) is 0 Å². The van der Waals surface area contributed by atoms with Gasteiger partial charge in [0.1, 0.15) is 4.60 Å². The molecule has 0 spiro atoms. The molecule has 0 aliphatic carbocycles. The highest BCUT2D eigenvalue weighted by atomic mass is 79.9. The van der Waals surface area contributed by atoms with Gasteiger partial charge in [0.2, 0.25) is 5.82 Å². The molecule has 0 amide bonds. The highest BCUT2D eigenvalue weighted by molar-refractivity contribution is 9.10. The highest BCUT2D eigenvalue weighted by Gasteiger charge is 2.14. The Labute approximate surface area is 87.3 Å². The van der Waals surface area contributed by atoms with E-state index in [4.69, 9.17) is 10.8 Å². The number of carbonyl (C=O) groups is 1. The first-order chi connectivity index (χ1) is 6.59. The predicted molar refractivity (Wildman–Crippen MR) is 54.3 cm³/mol. The molecular weight excluding hydrogens is 250 g/mol. The minimum Gasteiger partial charge on any atom is -0.475 e. The van der Waals surface area contributed by atoms with Crippen LogP contribution in [0, 0.1) is 0 Å². The number of hydrogen-bond acceptors (Lipinski definition) is 3. The number of pyridine rings is 1. The summed E-state index contributed by atoms with van der Waals surface area (Å²) in [6, 6.07) is 3.40. The zero-order chi connectivity index (χ0) is 10.3. The monoisotopic (exact) mass is 255 g/mol. The Balaban J connectivity index is 2.85. The van der Waals surface area contributed by atoms with Crippen molar-refractivity contribution in [1.82, 2.24) is 9.38 Å². The fourth-order valence-corrected chi connectivity index (χ4v) is 1.71. The van der Waals surface area contributed by atoms with E-state index in [1.165, 1.54) is 10.6 Å². The number of anilines is 1. The molecule has 0 unspecified atom stereocenters. The zero-order valence-electron chi connectivity index (χ0n) is 6.94. The summed E-state index contributed by atoms with van der Waals surface area (Å²) in [4.78, 5) is 14.6.